The molecular formula is C9H15N. The van der Waals surface area contributed by atoms with E-state index in [1.807, 2.05) is 0 Å². The number of nitrogens with zero attached hydrogens (tertiary/aromatic N) is 1. The predicted molar refractivity (Wildman–Crippen MR) is 41.3 cm³/mol. The summed E-state index contributed by atoms with van der Waals surface area (Å²) < 4.78 is 0. The number of nitriles is 1. The van der Waals surface area contributed by atoms with Crippen LogP contribution in [0.3, 0.4) is 0 Å². The van der Waals surface area contributed by atoms with E-state index < -0.39 is 0 Å². The smallest absolute Gasteiger partial charge is 0.0658 e. The summed E-state index contributed by atoms with van der Waals surface area (Å²) in [6, 6.07) is 2.38. The van der Waals surface area contributed by atoms with Gasteiger partial charge in [0.1, 0.15) is 0 Å². The van der Waals surface area contributed by atoms with Gasteiger partial charge in [0.05, 0.1) is 6.07 Å². The van der Waals surface area contributed by atoms with Crippen molar-refractivity contribution in [1.29, 1.82) is 5.26 Å². The fourth-order valence-electron chi connectivity index (χ4n) is 2.01. The van der Waals surface area contributed by atoms with Gasteiger partial charge in [0.15, 0.2) is 0 Å². The third kappa shape index (κ3) is 1.16. The minimum atomic E-state index is 0.352. The Balaban J connectivity index is 2.51. The molecule has 3 atom stereocenters. The van der Waals surface area contributed by atoms with E-state index in [9.17, 15) is 0 Å². The van der Waals surface area contributed by atoms with Gasteiger partial charge in [0, 0.05) is 5.92 Å². The molecule has 3 unspecified atom stereocenters. The van der Waals surface area contributed by atoms with Gasteiger partial charge in [0.25, 0.3) is 0 Å². The van der Waals surface area contributed by atoms with Gasteiger partial charge < -0.3 is 0 Å². The molecule has 1 fully saturated rings. The highest BCUT2D eigenvalue weighted by atomic mass is 14.4. The molecule has 10 heavy (non-hydrogen) atoms. The number of rotatable bonds is 1. The van der Waals surface area contributed by atoms with Crippen molar-refractivity contribution in [3.63, 3.8) is 0 Å². The van der Waals surface area contributed by atoms with Gasteiger partial charge in [0.2, 0.25) is 0 Å². The molecule has 0 spiro atoms. The molecule has 0 bridgehead atoms. The van der Waals surface area contributed by atoms with Crippen molar-refractivity contribution in [1.82, 2.24) is 0 Å². The van der Waals surface area contributed by atoms with Gasteiger partial charge >= 0.3 is 0 Å². The summed E-state index contributed by atoms with van der Waals surface area (Å²) in [7, 11) is 0. The second-order valence-corrected chi connectivity index (χ2v) is 3.34. The summed E-state index contributed by atoms with van der Waals surface area (Å²) in [5.74, 6) is 1.82. The molecule has 0 saturated heterocycles. The van der Waals surface area contributed by atoms with Gasteiger partial charge in [-0.25, -0.2) is 0 Å². The van der Waals surface area contributed by atoms with Gasteiger partial charge in [-0.1, -0.05) is 20.3 Å². The summed E-state index contributed by atoms with van der Waals surface area (Å²) in [5, 5.41) is 8.70. The summed E-state index contributed by atoms with van der Waals surface area (Å²) >= 11 is 0. The molecule has 0 amide bonds. The van der Waals surface area contributed by atoms with E-state index in [0.717, 1.165) is 12.3 Å². The molecule has 0 radical (unpaired) electrons. The second-order valence-electron chi connectivity index (χ2n) is 3.34. The maximum absolute atomic E-state index is 8.70. The lowest BCUT2D eigenvalue weighted by molar-refractivity contribution is 0.374. The molecule has 1 rings (SSSR count). The Hall–Kier alpha value is -0.510. The van der Waals surface area contributed by atoms with Crippen molar-refractivity contribution in [2.24, 2.45) is 17.8 Å². The van der Waals surface area contributed by atoms with Crippen molar-refractivity contribution in [2.45, 2.75) is 33.1 Å². The van der Waals surface area contributed by atoms with Crippen LogP contribution in [-0.2, 0) is 0 Å². The topological polar surface area (TPSA) is 23.8 Å². The molecule has 0 aliphatic heterocycles. The van der Waals surface area contributed by atoms with E-state index in [4.69, 9.17) is 5.26 Å². The summed E-state index contributed by atoms with van der Waals surface area (Å²) in [5.41, 5.74) is 0. The Kier molecular flexibility index (Phi) is 2.32. The molecule has 0 heterocycles. The normalized spacial score (nSPS) is 39.5. The highest BCUT2D eigenvalue weighted by molar-refractivity contribution is 4.94. The van der Waals surface area contributed by atoms with Gasteiger partial charge in [-0.15, -0.1) is 0 Å². The fourth-order valence-corrected chi connectivity index (χ4v) is 2.01. The van der Waals surface area contributed by atoms with Crippen molar-refractivity contribution >= 4 is 0 Å². The highest BCUT2D eigenvalue weighted by Crippen LogP contribution is 2.37. The third-order valence-corrected chi connectivity index (χ3v) is 2.92. The largest absolute Gasteiger partial charge is 0.198 e. The van der Waals surface area contributed by atoms with Crippen LogP contribution in [0, 0.1) is 29.1 Å². The molecule has 1 saturated carbocycles. The lowest BCUT2D eigenvalue weighted by Gasteiger charge is -2.13. The molecule has 56 valence electrons. The highest BCUT2D eigenvalue weighted by Gasteiger charge is 2.30. The molecule has 0 N–H and O–H groups in total. The quantitative estimate of drug-likeness (QED) is 0.545. The third-order valence-electron chi connectivity index (χ3n) is 2.92. The number of hydrogen-bond donors (Lipinski definition) is 0. The minimum Gasteiger partial charge on any atom is -0.198 e. The number of hydrogen-bond acceptors (Lipinski definition) is 1. The van der Waals surface area contributed by atoms with Crippen molar-refractivity contribution < 1.29 is 0 Å². The Morgan fingerprint density at radius 1 is 1.50 bits per heavy atom. The maximum atomic E-state index is 8.70. The first-order valence-corrected chi connectivity index (χ1v) is 4.19. The van der Waals surface area contributed by atoms with Crippen LogP contribution in [0.1, 0.15) is 33.1 Å². The zero-order valence-corrected chi connectivity index (χ0v) is 6.80. The second kappa shape index (κ2) is 3.05. The van der Waals surface area contributed by atoms with Crippen LogP contribution >= 0.6 is 0 Å². The van der Waals surface area contributed by atoms with Crippen LogP contribution < -0.4 is 0 Å². The van der Waals surface area contributed by atoms with E-state index in [-0.39, 0.29) is 0 Å². The zero-order valence-electron chi connectivity index (χ0n) is 6.80. The van der Waals surface area contributed by atoms with E-state index >= 15 is 0 Å². The summed E-state index contributed by atoms with van der Waals surface area (Å²) in [6.07, 6.45) is 3.66. The molecule has 0 aromatic carbocycles. The van der Waals surface area contributed by atoms with Crippen molar-refractivity contribution in [3.05, 3.63) is 0 Å². The van der Waals surface area contributed by atoms with Crippen molar-refractivity contribution in [3.8, 4) is 6.07 Å². The lowest BCUT2D eigenvalue weighted by Crippen LogP contribution is -2.08. The van der Waals surface area contributed by atoms with Gasteiger partial charge in [-0.05, 0) is 24.7 Å². The molecule has 1 aliphatic carbocycles. The molecule has 1 nitrogen and oxygen atoms in total. The van der Waals surface area contributed by atoms with Crippen LogP contribution in [0.5, 0.6) is 0 Å². The average Bonchev–Trinajstić information content (AvgIpc) is 2.30. The average molecular weight is 137 g/mol. The zero-order chi connectivity index (χ0) is 7.56. The van der Waals surface area contributed by atoms with E-state index in [2.05, 4.69) is 19.9 Å². The Bertz CT molecular complexity index is 145. The van der Waals surface area contributed by atoms with Crippen LogP contribution in [0.25, 0.3) is 0 Å². The maximum Gasteiger partial charge on any atom is 0.0658 e. The molecule has 0 aromatic heterocycles. The minimum absolute atomic E-state index is 0.352. The van der Waals surface area contributed by atoms with Gasteiger partial charge in [-0.3, -0.25) is 0 Å². The Morgan fingerprint density at radius 2 is 2.20 bits per heavy atom. The van der Waals surface area contributed by atoms with E-state index in [1.165, 1.54) is 12.8 Å². The molecular weight excluding hydrogens is 122 g/mol. The summed E-state index contributed by atoms with van der Waals surface area (Å²) in [4.78, 5) is 0. The van der Waals surface area contributed by atoms with Crippen LogP contribution in [0.2, 0.25) is 0 Å². The van der Waals surface area contributed by atoms with Crippen LogP contribution in [-0.4, -0.2) is 0 Å². The molecule has 1 aliphatic rings. The SMILES string of the molecule is CCC1CCC(C#N)C1C. The standard InChI is InChI=1S/C9H15N/c1-3-8-4-5-9(6-10)7(8)2/h7-9H,3-5H2,1-2H3. The fraction of sp³-hybridized carbons (Fsp3) is 0.889. The first-order valence-electron chi connectivity index (χ1n) is 4.19. The van der Waals surface area contributed by atoms with E-state index in [1.54, 1.807) is 0 Å². The van der Waals surface area contributed by atoms with Gasteiger partial charge in [-0.2, -0.15) is 5.26 Å². The predicted octanol–water partition coefficient (Wildman–Crippen LogP) is 2.58. The first-order chi connectivity index (χ1) is 4.79. The van der Waals surface area contributed by atoms with Crippen LogP contribution in [0.4, 0.5) is 0 Å². The monoisotopic (exact) mass is 137 g/mol. The van der Waals surface area contributed by atoms with E-state index in [0.29, 0.717) is 11.8 Å². The molecule has 1 heteroatoms. The summed E-state index contributed by atoms with van der Waals surface area (Å²) in [6.45, 7) is 4.44. The lowest BCUT2D eigenvalue weighted by atomic mass is 9.91. The Labute approximate surface area is 63.0 Å². The molecule has 0 aromatic rings. The first kappa shape index (κ1) is 7.60. The van der Waals surface area contributed by atoms with Crippen molar-refractivity contribution in [2.75, 3.05) is 0 Å². The van der Waals surface area contributed by atoms with Crippen LogP contribution in [0.15, 0.2) is 0 Å². The Morgan fingerprint density at radius 3 is 2.50 bits per heavy atom.